The largest absolute Gasteiger partial charge is 0.497 e. The van der Waals surface area contributed by atoms with Crippen LogP contribution >= 0.6 is 0 Å². The standard InChI is InChI=1S/C21H27N3O3/c1-5-24(6-2)14-20(25)23-19-11-10-17(12-15(19)3)22-21(26)16-8-7-9-18(13-16)27-4/h7-13H,5-6,14H2,1-4H3,(H,22,26)(H,23,25). The summed E-state index contributed by atoms with van der Waals surface area (Å²) in [6.07, 6.45) is 0. The van der Waals surface area contributed by atoms with Gasteiger partial charge in [-0.2, -0.15) is 0 Å². The number of hydrogen-bond acceptors (Lipinski definition) is 4. The molecule has 2 N–H and O–H groups in total. The molecule has 2 amide bonds. The van der Waals surface area contributed by atoms with Crippen LogP contribution in [0.3, 0.4) is 0 Å². The molecule has 0 atom stereocenters. The van der Waals surface area contributed by atoms with Crippen LogP contribution in [-0.4, -0.2) is 43.5 Å². The minimum atomic E-state index is -0.216. The summed E-state index contributed by atoms with van der Waals surface area (Å²) in [4.78, 5) is 26.6. The molecule has 2 aromatic rings. The van der Waals surface area contributed by atoms with Crippen LogP contribution in [0.25, 0.3) is 0 Å². The van der Waals surface area contributed by atoms with E-state index >= 15 is 0 Å². The van der Waals surface area contributed by atoms with Crippen LogP contribution < -0.4 is 15.4 Å². The second kappa shape index (κ2) is 9.73. The van der Waals surface area contributed by atoms with E-state index < -0.39 is 0 Å². The van der Waals surface area contributed by atoms with Gasteiger partial charge in [0, 0.05) is 16.9 Å². The van der Waals surface area contributed by atoms with Crippen LogP contribution in [0.2, 0.25) is 0 Å². The van der Waals surface area contributed by atoms with Crippen molar-refractivity contribution in [3.05, 3.63) is 53.6 Å². The van der Waals surface area contributed by atoms with Crippen molar-refractivity contribution in [3.63, 3.8) is 0 Å². The molecule has 6 nitrogen and oxygen atoms in total. The summed E-state index contributed by atoms with van der Waals surface area (Å²) in [6, 6.07) is 12.4. The number of nitrogens with zero attached hydrogens (tertiary/aromatic N) is 1. The number of likely N-dealkylation sites (N-methyl/N-ethyl adjacent to an activating group) is 1. The second-order valence-electron chi connectivity index (χ2n) is 6.23. The quantitative estimate of drug-likeness (QED) is 0.747. The van der Waals surface area contributed by atoms with Crippen LogP contribution in [0.15, 0.2) is 42.5 Å². The Balaban J connectivity index is 2.03. The minimum absolute atomic E-state index is 0.0463. The predicted molar refractivity (Wildman–Crippen MR) is 109 cm³/mol. The highest BCUT2D eigenvalue weighted by Gasteiger charge is 2.11. The summed E-state index contributed by atoms with van der Waals surface area (Å²) in [5.41, 5.74) is 2.81. The van der Waals surface area contributed by atoms with Gasteiger partial charge in [0.05, 0.1) is 13.7 Å². The van der Waals surface area contributed by atoms with Gasteiger partial charge in [-0.3, -0.25) is 14.5 Å². The Kier molecular flexibility index (Phi) is 7.37. The third-order valence-electron chi connectivity index (χ3n) is 4.35. The Bertz CT molecular complexity index is 801. The van der Waals surface area contributed by atoms with Gasteiger partial charge in [-0.05, 0) is 62.0 Å². The van der Waals surface area contributed by atoms with Crippen molar-refractivity contribution >= 4 is 23.2 Å². The molecule has 0 aromatic heterocycles. The predicted octanol–water partition coefficient (Wildman–Crippen LogP) is 3.54. The smallest absolute Gasteiger partial charge is 0.255 e. The number of benzene rings is 2. The maximum atomic E-state index is 12.4. The van der Waals surface area contributed by atoms with Gasteiger partial charge in [-0.1, -0.05) is 19.9 Å². The average molecular weight is 369 g/mol. The summed E-state index contributed by atoms with van der Waals surface area (Å²) in [5.74, 6) is 0.367. The van der Waals surface area contributed by atoms with E-state index in [0.29, 0.717) is 23.5 Å². The number of nitrogens with one attached hydrogen (secondary N) is 2. The fraction of sp³-hybridized carbons (Fsp3) is 0.333. The van der Waals surface area contributed by atoms with Crippen LogP contribution in [0.4, 0.5) is 11.4 Å². The zero-order valence-corrected chi connectivity index (χ0v) is 16.3. The summed E-state index contributed by atoms with van der Waals surface area (Å²) in [6.45, 7) is 7.98. The summed E-state index contributed by atoms with van der Waals surface area (Å²) in [7, 11) is 1.56. The molecule has 2 rings (SSSR count). The third kappa shape index (κ3) is 5.82. The fourth-order valence-electron chi connectivity index (χ4n) is 2.69. The molecule has 0 aliphatic rings. The molecule has 0 aliphatic carbocycles. The number of methoxy groups -OCH3 is 1. The fourth-order valence-corrected chi connectivity index (χ4v) is 2.69. The normalized spacial score (nSPS) is 10.6. The maximum Gasteiger partial charge on any atom is 0.255 e. The van der Waals surface area contributed by atoms with Crippen LogP contribution in [0, 0.1) is 6.92 Å². The molecular formula is C21H27N3O3. The van der Waals surface area contributed by atoms with E-state index in [1.807, 2.05) is 31.7 Å². The molecular weight excluding hydrogens is 342 g/mol. The van der Waals surface area contributed by atoms with Crippen molar-refractivity contribution in [2.45, 2.75) is 20.8 Å². The third-order valence-corrected chi connectivity index (χ3v) is 4.35. The summed E-state index contributed by atoms with van der Waals surface area (Å²) >= 11 is 0. The van der Waals surface area contributed by atoms with Gasteiger partial charge in [0.2, 0.25) is 5.91 Å². The SMILES string of the molecule is CCN(CC)CC(=O)Nc1ccc(NC(=O)c2cccc(OC)c2)cc1C. The molecule has 0 saturated heterocycles. The molecule has 144 valence electrons. The van der Waals surface area contributed by atoms with Crippen molar-refractivity contribution in [1.29, 1.82) is 0 Å². The highest BCUT2D eigenvalue weighted by Crippen LogP contribution is 2.21. The Hall–Kier alpha value is -2.86. The molecule has 0 bridgehead atoms. The molecule has 27 heavy (non-hydrogen) atoms. The average Bonchev–Trinajstić information content (AvgIpc) is 2.68. The molecule has 0 fully saturated rings. The molecule has 0 heterocycles. The van der Waals surface area contributed by atoms with Gasteiger partial charge >= 0.3 is 0 Å². The molecule has 0 unspecified atom stereocenters. The molecule has 0 aliphatic heterocycles. The Morgan fingerprint density at radius 3 is 2.41 bits per heavy atom. The van der Waals surface area contributed by atoms with E-state index in [0.717, 1.165) is 24.3 Å². The number of hydrogen-bond donors (Lipinski definition) is 2. The number of aryl methyl sites for hydroxylation is 1. The number of rotatable bonds is 8. The van der Waals surface area contributed by atoms with Gasteiger partial charge in [-0.15, -0.1) is 0 Å². The molecule has 6 heteroatoms. The Morgan fingerprint density at radius 1 is 1.04 bits per heavy atom. The van der Waals surface area contributed by atoms with Crippen LogP contribution in [-0.2, 0) is 4.79 Å². The zero-order valence-electron chi connectivity index (χ0n) is 16.3. The first-order chi connectivity index (χ1) is 13.0. The zero-order chi connectivity index (χ0) is 19.8. The first kappa shape index (κ1) is 20.5. The van der Waals surface area contributed by atoms with E-state index in [9.17, 15) is 9.59 Å². The van der Waals surface area contributed by atoms with Crippen LogP contribution in [0.5, 0.6) is 5.75 Å². The van der Waals surface area contributed by atoms with Crippen molar-refractivity contribution in [3.8, 4) is 5.75 Å². The van der Waals surface area contributed by atoms with E-state index in [1.54, 1.807) is 43.5 Å². The van der Waals surface area contributed by atoms with Gasteiger partial charge in [-0.25, -0.2) is 0 Å². The Morgan fingerprint density at radius 2 is 1.78 bits per heavy atom. The number of carbonyl (C=O) groups is 2. The topological polar surface area (TPSA) is 70.7 Å². The lowest BCUT2D eigenvalue weighted by Gasteiger charge is -2.18. The van der Waals surface area contributed by atoms with Crippen molar-refractivity contribution < 1.29 is 14.3 Å². The van der Waals surface area contributed by atoms with Crippen molar-refractivity contribution in [1.82, 2.24) is 4.90 Å². The number of amides is 2. The first-order valence-corrected chi connectivity index (χ1v) is 9.05. The van der Waals surface area contributed by atoms with Gasteiger partial charge < -0.3 is 15.4 Å². The van der Waals surface area contributed by atoms with Gasteiger partial charge in [0.1, 0.15) is 5.75 Å². The summed E-state index contributed by atoms with van der Waals surface area (Å²) < 4.78 is 5.15. The van der Waals surface area contributed by atoms with E-state index in [2.05, 4.69) is 10.6 Å². The van der Waals surface area contributed by atoms with Crippen LogP contribution in [0.1, 0.15) is 29.8 Å². The van der Waals surface area contributed by atoms with Crippen molar-refractivity contribution in [2.24, 2.45) is 0 Å². The van der Waals surface area contributed by atoms with E-state index in [-0.39, 0.29) is 11.8 Å². The molecule has 0 saturated carbocycles. The maximum absolute atomic E-state index is 12.4. The second-order valence-corrected chi connectivity index (χ2v) is 6.23. The monoisotopic (exact) mass is 369 g/mol. The lowest BCUT2D eigenvalue weighted by Crippen LogP contribution is -2.33. The lowest BCUT2D eigenvalue weighted by atomic mass is 10.1. The molecule has 0 spiro atoms. The highest BCUT2D eigenvalue weighted by atomic mass is 16.5. The number of ether oxygens (including phenoxy) is 1. The number of carbonyl (C=O) groups excluding carboxylic acids is 2. The number of anilines is 2. The van der Waals surface area contributed by atoms with E-state index in [1.165, 1.54) is 0 Å². The van der Waals surface area contributed by atoms with E-state index in [4.69, 9.17) is 4.74 Å². The van der Waals surface area contributed by atoms with Crippen molar-refractivity contribution in [2.75, 3.05) is 37.4 Å². The Labute approximate surface area is 160 Å². The van der Waals surface area contributed by atoms with Gasteiger partial charge in [0.15, 0.2) is 0 Å². The molecule has 2 aromatic carbocycles. The van der Waals surface area contributed by atoms with Gasteiger partial charge in [0.25, 0.3) is 5.91 Å². The first-order valence-electron chi connectivity index (χ1n) is 9.05. The minimum Gasteiger partial charge on any atom is -0.497 e. The summed E-state index contributed by atoms with van der Waals surface area (Å²) in [5, 5.41) is 5.79. The lowest BCUT2D eigenvalue weighted by molar-refractivity contribution is -0.117. The highest BCUT2D eigenvalue weighted by molar-refractivity contribution is 6.04. The molecule has 0 radical (unpaired) electrons.